The molecule has 1 aromatic rings. The van der Waals surface area contributed by atoms with E-state index in [0.29, 0.717) is 19.3 Å². The smallest absolute Gasteiger partial charge is 0.222 e. The van der Waals surface area contributed by atoms with Crippen molar-refractivity contribution in [2.24, 2.45) is 0 Å². The molecule has 0 unspecified atom stereocenters. The summed E-state index contributed by atoms with van der Waals surface area (Å²) in [5, 5.41) is 0.732. The average Bonchev–Trinajstić information content (AvgIpc) is 2.67. The molecule has 0 spiro atoms. The molecular formula is C21H32ClN3O2. The maximum Gasteiger partial charge on any atom is 0.222 e. The van der Waals surface area contributed by atoms with E-state index in [1.54, 1.807) is 0 Å². The van der Waals surface area contributed by atoms with Crippen molar-refractivity contribution in [3.63, 3.8) is 0 Å². The molecule has 150 valence electrons. The van der Waals surface area contributed by atoms with E-state index >= 15 is 0 Å². The number of nitrogens with zero attached hydrogens (tertiary/aromatic N) is 3. The number of benzene rings is 1. The van der Waals surface area contributed by atoms with Crippen LogP contribution in [0.15, 0.2) is 24.3 Å². The highest BCUT2D eigenvalue weighted by Gasteiger charge is 2.21. The second-order valence-electron chi connectivity index (χ2n) is 7.08. The third-order valence-electron chi connectivity index (χ3n) is 4.93. The Morgan fingerprint density at radius 3 is 2.30 bits per heavy atom. The lowest BCUT2D eigenvalue weighted by atomic mass is 10.1. The number of rotatable bonds is 9. The summed E-state index contributed by atoms with van der Waals surface area (Å²) in [5.74, 6) is 0.336. The predicted molar refractivity (Wildman–Crippen MR) is 111 cm³/mol. The molecule has 0 saturated carbocycles. The van der Waals surface area contributed by atoms with E-state index in [1.165, 1.54) is 0 Å². The molecule has 1 saturated heterocycles. The van der Waals surface area contributed by atoms with Crippen LogP contribution in [0.3, 0.4) is 0 Å². The van der Waals surface area contributed by atoms with E-state index in [9.17, 15) is 9.59 Å². The Hall–Kier alpha value is -1.75. The van der Waals surface area contributed by atoms with E-state index in [2.05, 4.69) is 18.7 Å². The predicted octanol–water partition coefficient (Wildman–Crippen LogP) is 3.81. The minimum absolute atomic E-state index is 0.158. The summed E-state index contributed by atoms with van der Waals surface area (Å²) in [6.45, 7) is 8.86. The van der Waals surface area contributed by atoms with Crippen molar-refractivity contribution in [2.45, 2.75) is 46.0 Å². The van der Waals surface area contributed by atoms with Crippen molar-refractivity contribution >= 4 is 29.1 Å². The van der Waals surface area contributed by atoms with Crippen LogP contribution in [0, 0.1) is 0 Å². The molecule has 0 aromatic heterocycles. The molecule has 2 rings (SSSR count). The van der Waals surface area contributed by atoms with Gasteiger partial charge in [-0.05, 0) is 37.5 Å². The van der Waals surface area contributed by atoms with Crippen molar-refractivity contribution in [1.29, 1.82) is 0 Å². The lowest BCUT2D eigenvalue weighted by molar-refractivity contribution is -0.133. The van der Waals surface area contributed by atoms with E-state index in [-0.39, 0.29) is 11.8 Å². The SMILES string of the molecule is CCCN(CCC)C(=O)CCCC(=O)N1CCN(c2cccc(Cl)c2)CC1. The van der Waals surface area contributed by atoms with Crippen LogP contribution >= 0.6 is 11.6 Å². The van der Waals surface area contributed by atoms with Gasteiger partial charge < -0.3 is 14.7 Å². The number of anilines is 1. The Morgan fingerprint density at radius 2 is 1.70 bits per heavy atom. The third-order valence-corrected chi connectivity index (χ3v) is 5.16. The zero-order valence-corrected chi connectivity index (χ0v) is 17.4. The van der Waals surface area contributed by atoms with Crippen molar-refractivity contribution < 1.29 is 9.59 Å². The molecule has 27 heavy (non-hydrogen) atoms. The first-order valence-corrected chi connectivity index (χ1v) is 10.5. The number of halogens is 1. The molecule has 0 radical (unpaired) electrons. The lowest BCUT2D eigenvalue weighted by Crippen LogP contribution is -2.48. The summed E-state index contributed by atoms with van der Waals surface area (Å²) in [7, 11) is 0. The first kappa shape index (κ1) is 21.5. The first-order valence-electron chi connectivity index (χ1n) is 10.1. The van der Waals surface area contributed by atoms with Gasteiger partial charge >= 0.3 is 0 Å². The highest BCUT2D eigenvalue weighted by Crippen LogP contribution is 2.21. The average molecular weight is 394 g/mol. The number of carbonyl (C=O) groups excluding carboxylic acids is 2. The van der Waals surface area contributed by atoms with Crippen LogP contribution in [0.1, 0.15) is 46.0 Å². The summed E-state index contributed by atoms with van der Waals surface area (Å²) in [6, 6.07) is 7.83. The van der Waals surface area contributed by atoms with E-state index in [1.807, 2.05) is 34.1 Å². The Balaban J connectivity index is 1.72. The molecule has 1 aliphatic heterocycles. The molecule has 0 atom stereocenters. The number of hydrogen-bond acceptors (Lipinski definition) is 3. The summed E-state index contributed by atoms with van der Waals surface area (Å²) in [5.41, 5.74) is 1.10. The van der Waals surface area contributed by atoms with Gasteiger partial charge in [0.25, 0.3) is 0 Å². The largest absolute Gasteiger partial charge is 0.368 e. The highest BCUT2D eigenvalue weighted by molar-refractivity contribution is 6.30. The van der Waals surface area contributed by atoms with Gasteiger partial charge in [-0.1, -0.05) is 31.5 Å². The third kappa shape index (κ3) is 6.73. The van der Waals surface area contributed by atoms with Gasteiger partial charge in [0, 0.05) is 62.8 Å². The summed E-state index contributed by atoms with van der Waals surface area (Å²) < 4.78 is 0. The van der Waals surface area contributed by atoms with Crippen LogP contribution in [-0.2, 0) is 9.59 Å². The van der Waals surface area contributed by atoms with E-state index in [4.69, 9.17) is 11.6 Å². The fourth-order valence-electron chi connectivity index (χ4n) is 3.49. The fourth-order valence-corrected chi connectivity index (χ4v) is 3.68. The van der Waals surface area contributed by atoms with Crippen LogP contribution in [-0.4, -0.2) is 60.9 Å². The van der Waals surface area contributed by atoms with Gasteiger partial charge in [-0.25, -0.2) is 0 Å². The van der Waals surface area contributed by atoms with Gasteiger partial charge in [-0.3, -0.25) is 9.59 Å². The molecule has 0 N–H and O–H groups in total. The molecule has 2 amide bonds. The molecule has 6 heteroatoms. The normalized spacial score (nSPS) is 14.3. The fraction of sp³-hybridized carbons (Fsp3) is 0.619. The van der Waals surface area contributed by atoms with Crippen LogP contribution in [0.2, 0.25) is 5.02 Å². The van der Waals surface area contributed by atoms with Gasteiger partial charge in [0.2, 0.25) is 11.8 Å². The van der Waals surface area contributed by atoms with E-state index in [0.717, 1.165) is 62.8 Å². The Labute approximate surface area is 168 Å². The van der Waals surface area contributed by atoms with Gasteiger partial charge in [-0.15, -0.1) is 0 Å². The van der Waals surface area contributed by atoms with Crippen molar-refractivity contribution in [3.8, 4) is 0 Å². The molecule has 1 aromatic carbocycles. The molecule has 5 nitrogen and oxygen atoms in total. The lowest BCUT2D eigenvalue weighted by Gasteiger charge is -2.36. The van der Waals surface area contributed by atoms with E-state index < -0.39 is 0 Å². The Kier molecular flexibility index (Phi) is 8.92. The van der Waals surface area contributed by atoms with Crippen molar-refractivity contribution in [3.05, 3.63) is 29.3 Å². The summed E-state index contributed by atoms with van der Waals surface area (Å²) in [4.78, 5) is 30.9. The minimum Gasteiger partial charge on any atom is -0.368 e. The monoisotopic (exact) mass is 393 g/mol. The van der Waals surface area contributed by atoms with Crippen LogP contribution in [0.25, 0.3) is 0 Å². The summed E-state index contributed by atoms with van der Waals surface area (Å²) >= 11 is 6.07. The Bertz CT molecular complexity index is 609. The quantitative estimate of drug-likeness (QED) is 0.640. The zero-order chi connectivity index (χ0) is 19.6. The topological polar surface area (TPSA) is 43.9 Å². The molecule has 1 aliphatic rings. The van der Waals surface area contributed by atoms with Crippen LogP contribution < -0.4 is 4.90 Å². The van der Waals surface area contributed by atoms with Crippen molar-refractivity contribution in [1.82, 2.24) is 9.80 Å². The first-order chi connectivity index (χ1) is 13.0. The maximum absolute atomic E-state index is 12.5. The van der Waals surface area contributed by atoms with Crippen LogP contribution in [0.4, 0.5) is 5.69 Å². The highest BCUT2D eigenvalue weighted by atomic mass is 35.5. The van der Waals surface area contributed by atoms with Gasteiger partial charge in [0.15, 0.2) is 0 Å². The minimum atomic E-state index is 0.158. The molecular weight excluding hydrogens is 362 g/mol. The summed E-state index contributed by atoms with van der Waals surface area (Å²) in [6.07, 6.45) is 3.50. The van der Waals surface area contributed by atoms with Gasteiger partial charge in [0.05, 0.1) is 0 Å². The standard InChI is InChI=1S/C21H32ClN3O2/c1-3-11-24(12-4-2)20(26)9-6-10-21(27)25-15-13-23(14-16-25)19-8-5-7-18(22)17-19/h5,7-8,17H,3-4,6,9-16H2,1-2H3. The van der Waals surface area contributed by atoms with Crippen LogP contribution in [0.5, 0.6) is 0 Å². The number of amides is 2. The second kappa shape index (κ2) is 11.2. The molecule has 1 fully saturated rings. The Morgan fingerprint density at radius 1 is 1.04 bits per heavy atom. The molecule has 0 aliphatic carbocycles. The number of piperazine rings is 1. The zero-order valence-electron chi connectivity index (χ0n) is 16.6. The number of carbonyl (C=O) groups is 2. The maximum atomic E-state index is 12.5. The van der Waals surface area contributed by atoms with Gasteiger partial charge in [0.1, 0.15) is 0 Å². The molecule has 1 heterocycles. The second-order valence-corrected chi connectivity index (χ2v) is 7.52. The van der Waals surface area contributed by atoms with Crippen molar-refractivity contribution in [2.75, 3.05) is 44.2 Å². The van der Waals surface area contributed by atoms with Gasteiger partial charge in [-0.2, -0.15) is 0 Å². The number of hydrogen-bond donors (Lipinski definition) is 0. The molecule has 0 bridgehead atoms.